The first-order valence-corrected chi connectivity index (χ1v) is 11.0. The predicted octanol–water partition coefficient (Wildman–Crippen LogP) is 6.42. The van der Waals surface area contributed by atoms with E-state index in [1.165, 1.54) is 28.5 Å². The van der Waals surface area contributed by atoms with Crippen LogP contribution in [-0.2, 0) is 16.0 Å². The van der Waals surface area contributed by atoms with Crippen LogP contribution in [0.1, 0.15) is 38.7 Å². The smallest absolute Gasteiger partial charge is 0.200 e. The molecule has 1 aliphatic rings. The van der Waals surface area contributed by atoms with Gasteiger partial charge in [0.25, 0.3) is 0 Å². The third-order valence-electron chi connectivity index (χ3n) is 5.50. The Hall–Kier alpha value is -2.39. The van der Waals surface area contributed by atoms with E-state index in [1.54, 1.807) is 6.08 Å². The van der Waals surface area contributed by atoms with Gasteiger partial charge in [-0.25, -0.2) is 0 Å². The van der Waals surface area contributed by atoms with E-state index in [1.807, 2.05) is 38.1 Å². The van der Waals surface area contributed by atoms with Crippen molar-refractivity contribution < 1.29 is 9.59 Å². The number of allylic oxidation sites excluding steroid dienone is 2. The molecular weight excluding hydrogens is 376 g/mol. The number of Topliss-reactive ketones (excluding diaryl/α,β-unsaturated/α-hetero) is 1. The van der Waals surface area contributed by atoms with Gasteiger partial charge in [-0.2, -0.15) is 0 Å². The molecule has 2 nitrogen and oxygen atoms in total. The van der Waals surface area contributed by atoms with Crippen molar-refractivity contribution in [3.8, 4) is 11.1 Å². The van der Waals surface area contributed by atoms with E-state index in [0.717, 1.165) is 24.8 Å². The topological polar surface area (TPSA) is 34.1 Å². The van der Waals surface area contributed by atoms with Crippen LogP contribution in [0.15, 0.2) is 78.9 Å². The van der Waals surface area contributed by atoms with Gasteiger partial charge in [0.1, 0.15) is 0 Å². The van der Waals surface area contributed by atoms with E-state index in [9.17, 15) is 9.59 Å². The molecule has 1 aliphatic heterocycles. The molecule has 1 unspecified atom stereocenters. The summed E-state index contributed by atoms with van der Waals surface area (Å²) in [4.78, 5) is 25.2. The minimum absolute atomic E-state index is 0.0119. The van der Waals surface area contributed by atoms with Crippen molar-refractivity contribution in [1.29, 1.82) is 0 Å². The minimum Gasteiger partial charge on any atom is -0.297 e. The molecule has 0 radical (unpaired) electrons. The maximum atomic E-state index is 12.8. The Morgan fingerprint density at radius 2 is 1.69 bits per heavy atom. The van der Waals surface area contributed by atoms with Crippen LogP contribution in [0.25, 0.3) is 11.1 Å². The van der Waals surface area contributed by atoms with E-state index in [0.29, 0.717) is 6.42 Å². The first-order chi connectivity index (χ1) is 13.9. The van der Waals surface area contributed by atoms with Gasteiger partial charge in [-0.3, -0.25) is 9.59 Å². The zero-order valence-corrected chi connectivity index (χ0v) is 18.0. The number of unbranched alkanes of at least 4 members (excludes halogenated alkanes) is 1. The fourth-order valence-corrected chi connectivity index (χ4v) is 5.07. The highest BCUT2D eigenvalue weighted by Gasteiger charge is 2.48. The number of hydrogen-bond donors (Lipinski definition) is 0. The molecule has 0 aliphatic carbocycles. The van der Waals surface area contributed by atoms with Gasteiger partial charge in [0.2, 0.25) is 5.12 Å². The molecule has 1 heterocycles. The Labute approximate surface area is 178 Å². The second kappa shape index (κ2) is 9.41. The Morgan fingerprint density at radius 3 is 2.34 bits per heavy atom. The van der Waals surface area contributed by atoms with Crippen LogP contribution < -0.4 is 0 Å². The molecule has 0 N–H and O–H groups in total. The largest absolute Gasteiger partial charge is 0.297 e. The molecule has 0 saturated carbocycles. The van der Waals surface area contributed by atoms with Gasteiger partial charge in [-0.05, 0) is 49.8 Å². The summed E-state index contributed by atoms with van der Waals surface area (Å²) in [5.74, 6) is -0.430. The van der Waals surface area contributed by atoms with E-state index < -0.39 is 10.7 Å². The summed E-state index contributed by atoms with van der Waals surface area (Å²) in [5.41, 5.74) is 4.66. The predicted molar refractivity (Wildman–Crippen MR) is 123 cm³/mol. The fraction of sp³-hybridized carbons (Fsp3) is 0.308. The Morgan fingerprint density at radius 1 is 1.03 bits per heavy atom. The van der Waals surface area contributed by atoms with Crippen molar-refractivity contribution in [1.82, 2.24) is 0 Å². The lowest BCUT2D eigenvalue weighted by molar-refractivity contribution is -0.127. The number of benzene rings is 2. The summed E-state index contributed by atoms with van der Waals surface area (Å²) in [6.45, 7) is 7.49. The third-order valence-corrected chi connectivity index (χ3v) is 6.73. The highest BCUT2D eigenvalue weighted by molar-refractivity contribution is 8.16. The average molecular weight is 405 g/mol. The molecule has 29 heavy (non-hydrogen) atoms. The molecule has 1 fully saturated rings. The number of hydrogen-bond acceptors (Lipinski definition) is 3. The van der Waals surface area contributed by atoms with E-state index in [4.69, 9.17) is 0 Å². The number of carbonyl (C=O) groups is 2. The van der Waals surface area contributed by atoms with Crippen molar-refractivity contribution in [2.45, 2.75) is 44.3 Å². The number of carbonyl (C=O) groups excluding carboxylic acids is 2. The summed E-state index contributed by atoms with van der Waals surface area (Å²) in [6.07, 6.45) is 7.06. The summed E-state index contributed by atoms with van der Waals surface area (Å²) >= 11 is 1.17. The minimum atomic E-state index is -0.743. The summed E-state index contributed by atoms with van der Waals surface area (Å²) < 4.78 is -0.743. The number of ketones is 1. The van der Waals surface area contributed by atoms with Gasteiger partial charge >= 0.3 is 0 Å². The lowest BCUT2D eigenvalue weighted by Crippen LogP contribution is -2.28. The second-order valence-electron chi connectivity index (χ2n) is 7.85. The lowest BCUT2D eigenvalue weighted by Gasteiger charge is -2.16. The monoisotopic (exact) mass is 404 g/mol. The third kappa shape index (κ3) is 5.16. The molecular formula is C26H28O2S. The van der Waals surface area contributed by atoms with Gasteiger partial charge in [0.15, 0.2) is 5.78 Å². The average Bonchev–Trinajstić information content (AvgIpc) is 2.94. The second-order valence-corrected chi connectivity index (χ2v) is 9.30. The van der Waals surface area contributed by atoms with Crippen molar-refractivity contribution in [3.05, 3.63) is 84.5 Å². The Kier molecular flexibility index (Phi) is 6.92. The number of aryl methyl sites for hydroxylation is 1. The van der Waals surface area contributed by atoms with Crippen LogP contribution in [0.3, 0.4) is 0 Å². The molecule has 150 valence electrons. The maximum Gasteiger partial charge on any atom is 0.200 e. The van der Waals surface area contributed by atoms with Gasteiger partial charge in [0.05, 0.1) is 10.7 Å². The summed E-state index contributed by atoms with van der Waals surface area (Å²) in [6, 6.07) is 19.0. The normalized spacial score (nSPS) is 22.1. The van der Waals surface area contributed by atoms with E-state index >= 15 is 0 Å². The zero-order chi connectivity index (χ0) is 20.9. The molecule has 2 aromatic carbocycles. The summed E-state index contributed by atoms with van der Waals surface area (Å²) in [5, 5.41) is 0.0119. The molecule has 0 bridgehead atoms. The molecule has 3 rings (SSSR count). The summed E-state index contributed by atoms with van der Waals surface area (Å²) in [7, 11) is 0. The number of thioether (sulfide) groups is 1. The van der Waals surface area contributed by atoms with Crippen LogP contribution in [0, 0.1) is 5.92 Å². The van der Waals surface area contributed by atoms with E-state index in [-0.39, 0.29) is 10.9 Å². The highest BCUT2D eigenvalue weighted by Crippen LogP contribution is 2.43. The molecule has 2 aromatic rings. The van der Waals surface area contributed by atoms with Crippen molar-refractivity contribution >= 4 is 22.7 Å². The van der Waals surface area contributed by atoms with Crippen molar-refractivity contribution in [2.75, 3.05) is 0 Å². The van der Waals surface area contributed by atoms with Crippen LogP contribution in [0.4, 0.5) is 0 Å². The molecule has 0 amide bonds. The van der Waals surface area contributed by atoms with Crippen LogP contribution in [0.5, 0.6) is 0 Å². The molecule has 1 saturated heterocycles. The lowest BCUT2D eigenvalue weighted by atomic mass is 9.89. The SMILES string of the molecule is C=CC(C)=C[C@@]1(C)SC(=O)C(CCCCc2ccc(-c3ccccc3)cc2)C1=O. The van der Waals surface area contributed by atoms with Crippen molar-refractivity contribution in [3.63, 3.8) is 0 Å². The van der Waals surface area contributed by atoms with Crippen LogP contribution in [0.2, 0.25) is 0 Å². The molecule has 0 spiro atoms. The highest BCUT2D eigenvalue weighted by atomic mass is 32.2. The Bertz CT molecular complexity index is 911. The molecule has 3 heteroatoms. The quantitative estimate of drug-likeness (QED) is 0.289. The molecule has 2 atom stereocenters. The Balaban J connectivity index is 1.51. The zero-order valence-electron chi connectivity index (χ0n) is 17.2. The first-order valence-electron chi connectivity index (χ1n) is 10.2. The molecule has 0 aromatic heterocycles. The number of rotatable bonds is 8. The van der Waals surface area contributed by atoms with Crippen molar-refractivity contribution in [2.24, 2.45) is 5.92 Å². The maximum absolute atomic E-state index is 12.8. The first kappa shape index (κ1) is 21.3. The van der Waals surface area contributed by atoms with Gasteiger partial charge in [-0.1, -0.05) is 97.1 Å². The van der Waals surface area contributed by atoms with Gasteiger partial charge < -0.3 is 0 Å². The fourth-order valence-electron chi connectivity index (χ4n) is 3.80. The van der Waals surface area contributed by atoms with Crippen LogP contribution >= 0.6 is 11.8 Å². The van der Waals surface area contributed by atoms with Gasteiger partial charge in [0, 0.05) is 0 Å². The standard InChI is InChI=1S/C26H28O2S/c1-4-19(2)18-26(3)24(27)23(25(28)29-26)13-9-8-10-20-14-16-22(17-15-20)21-11-6-5-7-12-21/h4-7,11-12,14-18,23H,1,8-10,13H2,2-3H3/t23?,26-/m1/s1. The van der Waals surface area contributed by atoms with E-state index in [2.05, 4.69) is 43.0 Å². The van der Waals surface area contributed by atoms with Crippen LogP contribution in [-0.4, -0.2) is 15.6 Å². The van der Waals surface area contributed by atoms with Gasteiger partial charge in [-0.15, -0.1) is 0 Å².